The van der Waals surface area contributed by atoms with Crippen molar-refractivity contribution < 1.29 is 18.7 Å². The highest BCUT2D eigenvalue weighted by Gasteiger charge is 2.32. The predicted octanol–water partition coefficient (Wildman–Crippen LogP) is 2.29. The monoisotopic (exact) mass is 522 g/mol. The number of amides is 1. The maximum atomic E-state index is 16.0. The van der Waals surface area contributed by atoms with E-state index in [0.29, 0.717) is 87.7 Å². The first kappa shape index (κ1) is 25.7. The fourth-order valence-electron chi connectivity index (χ4n) is 4.75. The van der Waals surface area contributed by atoms with Gasteiger partial charge in [-0.25, -0.2) is 19.3 Å². The highest BCUT2D eigenvalue weighted by molar-refractivity contribution is 5.96. The molecule has 0 unspecified atom stereocenters. The van der Waals surface area contributed by atoms with Crippen LogP contribution in [0.4, 0.5) is 27.8 Å². The number of halogens is 1. The van der Waals surface area contributed by atoms with Gasteiger partial charge in [-0.3, -0.25) is 4.79 Å². The van der Waals surface area contributed by atoms with Crippen molar-refractivity contribution in [3.8, 4) is 11.3 Å². The summed E-state index contributed by atoms with van der Waals surface area (Å²) in [6.45, 7) is 5.96. The van der Waals surface area contributed by atoms with Gasteiger partial charge in [0, 0.05) is 63.4 Å². The lowest BCUT2D eigenvalue weighted by Crippen LogP contribution is -2.37. The SMILES string of the molecule is CCN(CCOC)C(=O)c1cccc(N2CCc3c(-c4cnc(N)nc4)nc(N4CCOCC4)nc32)c1F. The van der Waals surface area contributed by atoms with Crippen molar-refractivity contribution in [1.29, 1.82) is 0 Å². The van der Waals surface area contributed by atoms with Gasteiger partial charge in [-0.1, -0.05) is 6.07 Å². The first-order valence-corrected chi connectivity index (χ1v) is 12.7. The van der Waals surface area contributed by atoms with Crippen LogP contribution >= 0.6 is 0 Å². The van der Waals surface area contributed by atoms with Crippen LogP contribution in [0.1, 0.15) is 22.8 Å². The Hall–Kier alpha value is -3.90. The maximum absolute atomic E-state index is 16.0. The van der Waals surface area contributed by atoms with Gasteiger partial charge in [0.05, 0.1) is 36.8 Å². The Morgan fingerprint density at radius 3 is 2.66 bits per heavy atom. The van der Waals surface area contributed by atoms with E-state index in [1.54, 1.807) is 36.5 Å². The number of hydrogen-bond donors (Lipinski definition) is 1. The van der Waals surface area contributed by atoms with Crippen LogP contribution in [0.2, 0.25) is 0 Å². The van der Waals surface area contributed by atoms with Gasteiger partial charge in [-0.15, -0.1) is 0 Å². The van der Waals surface area contributed by atoms with Crippen LogP contribution in [0.25, 0.3) is 11.3 Å². The fraction of sp³-hybridized carbons (Fsp3) is 0.423. The molecule has 2 aliphatic rings. The van der Waals surface area contributed by atoms with Crippen LogP contribution in [0.5, 0.6) is 0 Å². The van der Waals surface area contributed by atoms with Gasteiger partial charge in [0.25, 0.3) is 5.91 Å². The minimum absolute atomic E-state index is 0.0171. The minimum Gasteiger partial charge on any atom is -0.383 e. The smallest absolute Gasteiger partial charge is 0.256 e. The Balaban J connectivity index is 1.57. The summed E-state index contributed by atoms with van der Waals surface area (Å²) in [7, 11) is 1.57. The van der Waals surface area contributed by atoms with Crippen LogP contribution in [0, 0.1) is 5.82 Å². The largest absolute Gasteiger partial charge is 0.383 e. The van der Waals surface area contributed by atoms with Crippen molar-refractivity contribution in [2.24, 2.45) is 0 Å². The van der Waals surface area contributed by atoms with E-state index in [1.807, 2.05) is 16.7 Å². The number of nitrogens with two attached hydrogens (primary N) is 1. The van der Waals surface area contributed by atoms with E-state index < -0.39 is 5.82 Å². The number of likely N-dealkylation sites (N-methyl/N-ethyl adjacent to an activating group) is 1. The number of anilines is 4. The van der Waals surface area contributed by atoms with Gasteiger partial charge >= 0.3 is 0 Å². The lowest BCUT2D eigenvalue weighted by atomic mass is 10.1. The summed E-state index contributed by atoms with van der Waals surface area (Å²) < 4.78 is 26.6. The molecule has 0 spiro atoms. The molecule has 4 heterocycles. The zero-order chi connectivity index (χ0) is 26.6. The molecule has 1 saturated heterocycles. The molecule has 0 saturated carbocycles. The number of morpholine rings is 1. The van der Waals surface area contributed by atoms with E-state index in [-0.39, 0.29) is 17.4 Å². The summed E-state index contributed by atoms with van der Waals surface area (Å²) >= 11 is 0. The molecule has 0 bridgehead atoms. The quantitative estimate of drug-likeness (QED) is 0.471. The Labute approximate surface area is 220 Å². The molecule has 0 radical (unpaired) electrons. The number of benzene rings is 1. The van der Waals surface area contributed by atoms with E-state index in [2.05, 4.69) is 9.97 Å². The molecule has 12 heteroatoms. The average Bonchev–Trinajstić information content (AvgIpc) is 3.38. The predicted molar refractivity (Wildman–Crippen MR) is 141 cm³/mol. The van der Waals surface area contributed by atoms with Gasteiger partial charge < -0.3 is 29.9 Å². The second kappa shape index (κ2) is 11.2. The Kier molecular flexibility index (Phi) is 7.61. The molecule has 1 fully saturated rings. The standard InChI is InChI=1S/C26H31FN8O3/c1-3-33(9-12-37-2)24(36)18-5-4-6-20(21(18)27)35-8-7-19-22(17-15-29-25(28)30-16-17)31-26(32-23(19)35)34-10-13-38-14-11-34/h4-6,15-16H,3,7-14H2,1-2H3,(H2,28,29,30). The number of carbonyl (C=O) groups is 1. The number of methoxy groups -OCH3 is 1. The summed E-state index contributed by atoms with van der Waals surface area (Å²) in [5, 5.41) is 0. The van der Waals surface area contributed by atoms with Gasteiger partial charge in [-0.2, -0.15) is 4.98 Å². The minimum atomic E-state index is -0.579. The van der Waals surface area contributed by atoms with Crippen molar-refractivity contribution in [3.63, 3.8) is 0 Å². The van der Waals surface area contributed by atoms with E-state index in [1.165, 1.54) is 6.07 Å². The van der Waals surface area contributed by atoms with Crippen LogP contribution in [0.3, 0.4) is 0 Å². The third-order valence-corrected chi connectivity index (χ3v) is 6.79. The summed E-state index contributed by atoms with van der Waals surface area (Å²) in [6.07, 6.45) is 3.86. The second-order valence-corrected chi connectivity index (χ2v) is 9.02. The summed E-state index contributed by atoms with van der Waals surface area (Å²) in [4.78, 5) is 36.7. The third kappa shape index (κ3) is 4.96. The fourth-order valence-corrected chi connectivity index (χ4v) is 4.75. The zero-order valence-corrected chi connectivity index (χ0v) is 21.6. The van der Waals surface area contributed by atoms with E-state index in [0.717, 1.165) is 5.56 Å². The number of carbonyl (C=O) groups excluding carboxylic acids is 1. The van der Waals surface area contributed by atoms with Crippen molar-refractivity contribution in [2.45, 2.75) is 13.3 Å². The Morgan fingerprint density at radius 2 is 1.95 bits per heavy atom. The molecule has 1 amide bonds. The lowest BCUT2D eigenvalue weighted by molar-refractivity contribution is 0.0702. The molecule has 11 nitrogen and oxygen atoms in total. The number of hydrogen-bond acceptors (Lipinski definition) is 10. The van der Waals surface area contributed by atoms with Crippen molar-refractivity contribution in [3.05, 3.63) is 47.5 Å². The molecule has 2 aromatic heterocycles. The first-order chi connectivity index (χ1) is 18.5. The number of ether oxygens (including phenoxy) is 2. The van der Waals surface area contributed by atoms with Crippen molar-refractivity contribution in [2.75, 3.05) is 75.2 Å². The summed E-state index contributed by atoms with van der Waals surface area (Å²) in [6, 6.07) is 4.89. The zero-order valence-electron chi connectivity index (χ0n) is 21.6. The third-order valence-electron chi connectivity index (χ3n) is 6.79. The number of rotatable bonds is 8. The molecule has 38 heavy (non-hydrogen) atoms. The first-order valence-electron chi connectivity index (χ1n) is 12.7. The van der Waals surface area contributed by atoms with E-state index >= 15 is 4.39 Å². The number of nitrogen functional groups attached to an aromatic ring is 1. The molecular weight excluding hydrogens is 491 g/mol. The van der Waals surface area contributed by atoms with Gasteiger partial charge in [0.1, 0.15) is 5.82 Å². The maximum Gasteiger partial charge on any atom is 0.256 e. The van der Waals surface area contributed by atoms with E-state index in [9.17, 15) is 4.79 Å². The van der Waals surface area contributed by atoms with Crippen LogP contribution < -0.4 is 15.5 Å². The van der Waals surface area contributed by atoms with E-state index in [4.69, 9.17) is 25.2 Å². The van der Waals surface area contributed by atoms with Crippen LogP contribution in [-0.2, 0) is 15.9 Å². The Morgan fingerprint density at radius 1 is 1.18 bits per heavy atom. The molecule has 200 valence electrons. The number of nitrogens with zero attached hydrogens (tertiary/aromatic N) is 7. The van der Waals surface area contributed by atoms with Gasteiger partial charge in [0.2, 0.25) is 11.9 Å². The molecule has 1 aromatic carbocycles. The molecular formula is C26H31FN8O3. The molecule has 0 aliphatic carbocycles. The average molecular weight is 523 g/mol. The number of fused-ring (bicyclic) bond motifs is 1. The number of aromatic nitrogens is 4. The highest BCUT2D eigenvalue weighted by Crippen LogP contribution is 2.40. The van der Waals surface area contributed by atoms with Crippen LogP contribution in [0.15, 0.2) is 30.6 Å². The summed E-state index contributed by atoms with van der Waals surface area (Å²) in [5.41, 5.74) is 8.27. The highest BCUT2D eigenvalue weighted by atomic mass is 19.1. The molecule has 5 rings (SSSR count). The molecule has 2 aliphatic heterocycles. The van der Waals surface area contributed by atoms with Crippen molar-refractivity contribution >= 4 is 29.3 Å². The molecule has 0 atom stereocenters. The molecule has 2 N–H and O–H groups in total. The van der Waals surface area contributed by atoms with Crippen molar-refractivity contribution in [1.82, 2.24) is 24.8 Å². The van der Waals surface area contributed by atoms with Gasteiger partial charge in [-0.05, 0) is 25.5 Å². The lowest BCUT2D eigenvalue weighted by Gasteiger charge is -2.28. The normalized spacial score (nSPS) is 15.0. The van der Waals surface area contributed by atoms with Gasteiger partial charge in [0.15, 0.2) is 5.82 Å². The second-order valence-electron chi connectivity index (χ2n) is 9.02. The van der Waals surface area contributed by atoms with Crippen LogP contribution in [-0.4, -0.2) is 90.4 Å². The Bertz CT molecular complexity index is 1300. The topological polar surface area (TPSA) is 123 Å². The summed E-state index contributed by atoms with van der Waals surface area (Å²) in [5.74, 6) is 0.341. The molecule has 3 aromatic rings.